The van der Waals surface area contributed by atoms with Crippen LogP contribution in [-0.4, -0.2) is 28.6 Å². The number of benzene rings is 1. The summed E-state index contributed by atoms with van der Waals surface area (Å²) in [5.74, 6) is -0.729. The van der Waals surface area contributed by atoms with E-state index in [4.69, 9.17) is 5.11 Å². The van der Waals surface area contributed by atoms with Crippen LogP contribution in [0.2, 0.25) is 0 Å². The molecular weight excluding hydrogens is 341 g/mol. The van der Waals surface area contributed by atoms with E-state index in [2.05, 4.69) is 51.8 Å². The van der Waals surface area contributed by atoms with Gasteiger partial charge in [-0.25, -0.2) is 0 Å². The number of rotatable bonds is 5. The van der Waals surface area contributed by atoms with E-state index in [0.717, 1.165) is 19.4 Å². The Morgan fingerprint density at radius 3 is 2.44 bits per heavy atom. The number of hydrogen-bond donors (Lipinski definition) is 1. The van der Waals surface area contributed by atoms with Gasteiger partial charge in [0.2, 0.25) is 0 Å². The molecule has 0 spiro atoms. The molecule has 0 atom stereocenters. The third-order valence-corrected chi connectivity index (χ3v) is 4.20. The fourth-order valence-electron chi connectivity index (χ4n) is 2.58. The van der Waals surface area contributed by atoms with Gasteiger partial charge in [-0.2, -0.15) is 0 Å². The molecule has 1 saturated carbocycles. The molecule has 3 nitrogen and oxygen atoms in total. The van der Waals surface area contributed by atoms with Gasteiger partial charge in [0.05, 0.1) is 6.54 Å². The number of carboxylic acids is 1. The zero-order chi connectivity index (χ0) is 13.0. The van der Waals surface area contributed by atoms with E-state index in [1.165, 1.54) is 22.0 Å². The van der Waals surface area contributed by atoms with Crippen molar-refractivity contribution >= 4 is 28.6 Å². The lowest BCUT2D eigenvalue weighted by Gasteiger charge is -2.27. The number of halogens is 1. The smallest absolute Gasteiger partial charge is 0.317 e. The fraction of sp³-hybridized carbons (Fsp3) is 0.500. The first-order valence-electron chi connectivity index (χ1n) is 6.35. The maximum atomic E-state index is 11.0. The van der Waals surface area contributed by atoms with Crippen LogP contribution in [0.5, 0.6) is 0 Å². The van der Waals surface area contributed by atoms with Crippen LogP contribution in [0.3, 0.4) is 0 Å². The fourth-order valence-corrected chi connectivity index (χ4v) is 2.94. The highest BCUT2D eigenvalue weighted by Gasteiger charge is 2.24. The van der Waals surface area contributed by atoms with Crippen LogP contribution in [0.1, 0.15) is 31.2 Å². The zero-order valence-corrected chi connectivity index (χ0v) is 12.5. The molecule has 0 aromatic heterocycles. The Morgan fingerprint density at radius 2 is 1.89 bits per heavy atom. The van der Waals surface area contributed by atoms with Gasteiger partial charge in [-0.15, -0.1) is 0 Å². The molecule has 98 valence electrons. The van der Waals surface area contributed by atoms with E-state index in [9.17, 15) is 4.79 Å². The first kappa shape index (κ1) is 13.8. The SMILES string of the molecule is O=C(O)CN(Cc1ccc(I)cc1)C1CCCC1. The number of nitrogens with zero attached hydrogens (tertiary/aromatic N) is 1. The minimum atomic E-state index is -0.729. The first-order chi connectivity index (χ1) is 8.65. The van der Waals surface area contributed by atoms with Crippen molar-refractivity contribution < 1.29 is 9.90 Å². The Kier molecular flexibility index (Phi) is 5.00. The summed E-state index contributed by atoms with van der Waals surface area (Å²) in [6, 6.07) is 8.77. The van der Waals surface area contributed by atoms with E-state index in [0.29, 0.717) is 6.04 Å². The topological polar surface area (TPSA) is 40.5 Å². The summed E-state index contributed by atoms with van der Waals surface area (Å²) in [6.45, 7) is 0.893. The summed E-state index contributed by atoms with van der Waals surface area (Å²) in [5, 5.41) is 9.02. The summed E-state index contributed by atoms with van der Waals surface area (Å²) in [5.41, 5.74) is 1.20. The highest BCUT2D eigenvalue weighted by Crippen LogP contribution is 2.24. The normalized spacial score (nSPS) is 16.3. The Bertz CT molecular complexity index is 399. The maximum Gasteiger partial charge on any atom is 0.317 e. The lowest BCUT2D eigenvalue weighted by atomic mass is 10.1. The van der Waals surface area contributed by atoms with Gasteiger partial charge >= 0.3 is 5.97 Å². The monoisotopic (exact) mass is 359 g/mol. The van der Waals surface area contributed by atoms with Crippen LogP contribution < -0.4 is 0 Å². The van der Waals surface area contributed by atoms with Crippen molar-refractivity contribution in [1.29, 1.82) is 0 Å². The molecule has 1 aliphatic carbocycles. The minimum absolute atomic E-state index is 0.149. The van der Waals surface area contributed by atoms with Crippen molar-refractivity contribution in [3.63, 3.8) is 0 Å². The average Bonchev–Trinajstić information content (AvgIpc) is 2.84. The van der Waals surface area contributed by atoms with Gasteiger partial charge < -0.3 is 5.11 Å². The summed E-state index contributed by atoms with van der Waals surface area (Å²) in [7, 11) is 0. The lowest BCUT2D eigenvalue weighted by Crippen LogP contribution is -2.37. The molecule has 0 saturated heterocycles. The third-order valence-electron chi connectivity index (χ3n) is 3.48. The van der Waals surface area contributed by atoms with Crippen LogP contribution >= 0.6 is 22.6 Å². The molecule has 2 rings (SSSR count). The molecular formula is C14H18INO2. The maximum absolute atomic E-state index is 11.0. The summed E-state index contributed by atoms with van der Waals surface area (Å²) in [6.07, 6.45) is 4.73. The van der Waals surface area contributed by atoms with E-state index >= 15 is 0 Å². The van der Waals surface area contributed by atoms with Crippen molar-refractivity contribution in [2.75, 3.05) is 6.54 Å². The molecule has 4 heteroatoms. The molecule has 0 radical (unpaired) electrons. The van der Waals surface area contributed by atoms with Gasteiger partial charge in [0.15, 0.2) is 0 Å². The second kappa shape index (κ2) is 6.52. The Morgan fingerprint density at radius 1 is 1.28 bits per heavy atom. The van der Waals surface area contributed by atoms with Crippen LogP contribution in [-0.2, 0) is 11.3 Å². The number of carbonyl (C=O) groups is 1. The molecule has 0 bridgehead atoms. The van der Waals surface area contributed by atoms with E-state index in [1.807, 2.05) is 0 Å². The molecule has 0 aliphatic heterocycles. The van der Waals surface area contributed by atoms with Gasteiger partial charge in [0.1, 0.15) is 0 Å². The van der Waals surface area contributed by atoms with E-state index in [1.54, 1.807) is 0 Å². The molecule has 1 N–H and O–H groups in total. The third kappa shape index (κ3) is 3.95. The lowest BCUT2D eigenvalue weighted by molar-refractivity contribution is -0.139. The quantitative estimate of drug-likeness (QED) is 0.822. The summed E-state index contributed by atoms with van der Waals surface area (Å²) >= 11 is 2.28. The van der Waals surface area contributed by atoms with Crippen molar-refractivity contribution in [2.45, 2.75) is 38.3 Å². The highest BCUT2D eigenvalue weighted by molar-refractivity contribution is 14.1. The molecule has 1 aliphatic rings. The van der Waals surface area contributed by atoms with E-state index in [-0.39, 0.29) is 6.54 Å². The van der Waals surface area contributed by atoms with Crippen LogP contribution in [0.15, 0.2) is 24.3 Å². The Balaban J connectivity index is 2.03. The van der Waals surface area contributed by atoms with Crippen LogP contribution in [0.25, 0.3) is 0 Å². The van der Waals surface area contributed by atoms with Gasteiger partial charge in [-0.3, -0.25) is 9.69 Å². The molecule has 18 heavy (non-hydrogen) atoms. The number of hydrogen-bond acceptors (Lipinski definition) is 2. The number of carboxylic acid groups (broad SMARTS) is 1. The summed E-state index contributed by atoms with van der Waals surface area (Å²) < 4.78 is 1.21. The zero-order valence-electron chi connectivity index (χ0n) is 10.3. The molecule has 1 aromatic rings. The second-order valence-electron chi connectivity index (χ2n) is 4.86. The average molecular weight is 359 g/mol. The van der Waals surface area contributed by atoms with Crippen molar-refractivity contribution in [1.82, 2.24) is 4.90 Å². The molecule has 0 unspecified atom stereocenters. The van der Waals surface area contributed by atoms with Crippen LogP contribution in [0, 0.1) is 3.57 Å². The van der Waals surface area contributed by atoms with Gasteiger partial charge in [0.25, 0.3) is 0 Å². The minimum Gasteiger partial charge on any atom is -0.480 e. The van der Waals surface area contributed by atoms with Crippen molar-refractivity contribution in [3.8, 4) is 0 Å². The van der Waals surface area contributed by atoms with Crippen molar-refractivity contribution in [3.05, 3.63) is 33.4 Å². The van der Waals surface area contributed by atoms with Crippen molar-refractivity contribution in [2.24, 2.45) is 0 Å². The predicted octanol–water partition coefficient (Wildman–Crippen LogP) is 3.12. The standard InChI is InChI=1S/C14H18INO2/c15-12-7-5-11(6-8-12)9-16(10-14(17)18)13-3-1-2-4-13/h5-8,13H,1-4,9-10H2,(H,17,18). The first-order valence-corrected chi connectivity index (χ1v) is 7.43. The predicted molar refractivity (Wildman–Crippen MR) is 79.5 cm³/mol. The van der Waals surface area contributed by atoms with Gasteiger partial charge in [-0.05, 0) is 53.1 Å². The largest absolute Gasteiger partial charge is 0.480 e. The highest BCUT2D eigenvalue weighted by atomic mass is 127. The second-order valence-corrected chi connectivity index (χ2v) is 6.11. The van der Waals surface area contributed by atoms with Crippen LogP contribution in [0.4, 0.5) is 0 Å². The van der Waals surface area contributed by atoms with Gasteiger partial charge in [-0.1, -0.05) is 25.0 Å². The molecule has 1 fully saturated rings. The number of aliphatic carboxylic acids is 1. The van der Waals surface area contributed by atoms with Gasteiger partial charge in [0, 0.05) is 16.2 Å². The Labute approximate surface area is 121 Å². The molecule has 1 aromatic carbocycles. The molecule has 0 amide bonds. The summed E-state index contributed by atoms with van der Waals surface area (Å²) in [4.78, 5) is 13.1. The Hall–Kier alpha value is -0.620. The van der Waals surface area contributed by atoms with E-state index < -0.39 is 5.97 Å². The molecule has 0 heterocycles.